The van der Waals surface area contributed by atoms with Crippen molar-refractivity contribution in [3.63, 3.8) is 0 Å². The quantitative estimate of drug-likeness (QED) is 0.371. The molecule has 11 heteroatoms. The predicted octanol–water partition coefficient (Wildman–Crippen LogP) is 5.17. The number of pyridine rings is 1. The van der Waals surface area contributed by atoms with Crippen molar-refractivity contribution >= 4 is 17.0 Å². The molecule has 4 heterocycles. The standard InChI is InChI=1S/C26H24F3N7O/c1-15(16-3-5-19(6-4-16)37-20-7-8-36(2)14-20)34-25-33-11-17(10-30)23(35-25)22-13-32-24-21(22)9-18(12-31-24)26(27,28)29/h3-6,9,11-13,15,20H,7-8,14H2,1-2H3,(H,31,32)(H,33,34,35)/t15-,20?/m1/s1. The molecule has 5 rings (SSSR count). The van der Waals surface area contributed by atoms with Gasteiger partial charge in [0.2, 0.25) is 5.95 Å². The van der Waals surface area contributed by atoms with Crippen LogP contribution in [0.3, 0.4) is 0 Å². The second-order valence-corrected chi connectivity index (χ2v) is 9.11. The van der Waals surface area contributed by atoms with Crippen molar-refractivity contribution in [3.05, 3.63) is 65.6 Å². The van der Waals surface area contributed by atoms with Gasteiger partial charge in [0.1, 0.15) is 23.6 Å². The van der Waals surface area contributed by atoms with Crippen LogP contribution in [-0.4, -0.2) is 51.1 Å². The number of aromatic amines is 1. The summed E-state index contributed by atoms with van der Waals surface area (Å²) in [5.41, 5.74) is 1.03. The van der Waals surface area contributed by atoms with Crippen LogP contribution < -0.4 is 10.1 Å². The third-order valence-electron chi connectivity index (χ3n) is 6.40. The van der Waals surface area contributed by atoms with E-state index in [-0.39, 0.29) is 40.4 Å². The second kappa shape index (κ2) is 9.71. The van der Waals surface area contributed by atoms with Crippen LogP contribution >= 0.6 is 0 Å². The molecule has 0 saturated carbocycles. The molecule has 1 fully saturated rings. The lowest BCUT2D eigenvalue weighted by Gasteiger charge is -2.17. The Bertz CT molecular complexity index is 1460. The van der Waals surface area contributed by atoms with E-state index in [9.17, 15) is 18.4 Å². The maximum atomic E-state index is 13.3. The zero-order chi connectivity index (χ0) is 26.2. The summed E-state index contributed by atoms with van der Waals surface area (Å²) in [5.74, 6) is 1.05. The van der Waals surface area contributed by atoms with Gasteiger partial charge in [0.15, 0.2) is 0 Å². The minimum Gasteiger partial charge on any atom is -0.489 e. The summed E-state index contributed by atoms with van der Waals surface area (Å²) in [4.78, 5) is 17.7. The third kappa shape index (κ3) is 5.20. The van der Waals surface area contributed by atoms with Crippen molar-refractivity contribution in [1.29, 1.82) is 5.26 Å². The summed E-state index contributed by atoms with van der Waals surface area (Å²) in [6.07, 6.45) is 0.255. The fourth-order valence-corrected chi connectivity index (χ4v) is 4.39. The lowest BCUT2D eigenvalue weighted by Crippen LogP contribution is -2.21. The smallest absolute Gasteiger partial charge is 0.417 e. The Morgan fingerprint density at radius 3 is 2.68 bits per heavy atom. The Morgan fingerprint density at radius 2 is 2.00 bits per heavy atom. The van der Waals surface area contributed by atoms with Crippen molar-refractivity contribution in [3.8, 4) is 23.1 Å². The molecule has 37 heavy (non-hydrogen) atoms. The maximum Gasteiger partial charge on any atom is 0.417 e. The second-order valence-electron chi connectivity index (χ2n) is 9.11. The lowest BCUT2D eigenvalue weighted by atomic mass is 10.1. The molecule has 2 atom stereocenters. The molecule has 0 aliphatic carbocycles. The predicted molar refractivity (Wildman–Crippen MR) is 132 cm³/mol. The highest BCUT2D eigenvalue weighted by Gasteiger charge is 2.32. The summed E-state index contributed by atoms with van der Waals surface area (Å²) < 4.78 is 45.8. The fourth-order valence-electron chi connectivity index (χ4n) is 4.39. The van der Waals surface area contributed by atoms with E-state index in [1.165, 1.54) is 12.4 Å². The molecule has 8 nitrogen and oxygen atoms in total. The van der Waals surface area contributed by atoms with E-state index in [4.69, 9.17) is 4.74 Å². The van der Waals surface area contributed by atoms with E-state index >= 15 is 0 Å². The van der Waals surface area contributed by atoms with Crippen LogP contribution in [0.4, 0.5) is 19.1 Å². The van der Waals surface area contributed by atoms with Gasteiger partial charge in [0, 0.05) is 36.4 Å². The van der Waals surface area contributed by atoms with Gasteiger partial charge in [-0.25, -0.2) is 15.0 Å². The molecule has 2 N–H and O–H groups in total. The van der Waals surface area contributed by atoms with Crippen molar-refractivity contribution in [1.82, 2.24) is 24.8 Å². The molecule has 3 aromatic heterocycles. The topological polar surface area (TPSA) is 103 Å². The lowest BCUT2D eigenvalue weighted by molar-refractivity contribution is -0.137. The highest BCUT2D eigenvalue weighted by atomic mass is 19.4. The number of fused-ring (bicyclic) bond motifs is 1. The zero-order valence-corrected chi connectivity index (χ0v) is 20.2. The van der Waals surface area contributed by atoms with E-state index in [0.29, 0.717) is 5.56 Å². The van der Waals surface area contributed by atoms with Crippen LogP contribution in [-0.2, 0) is 6.18 Å². The third-order valence-corrected chi connectivity index (χ3v) is 6.40. The number of hydrogen-bond acceptors (Lipinski definition) is 7. The van der Waals surface area contributed by atoms with Gasteiger partial charge < -0.3 is 19.9 Å². The molecule has 0 bridgehead atoms. The highest BCUT2D eigenvalue weighted by Crippen LogP contribution is 2.35. The molecule has 1 aliphatic rings. The van der Waals surface area contributed by atoms with Crippen molar-refractivity contribution in [2.45, 2.75) is 31.7 Å². The largest absolute Gasteiger partial charge is 0.489 e. The number of H-pyrrole nitrogens is 1. The summed E-state index contributed by atoms with van der Waals surface area (Å²) in [6.45, 7) is 3.87. The number of nitrogens with zero attached hydrogens (tertiary/aromatic N) is 5. The molecule has 1 aromatic carbocycles. The summed E-state index contributed by atoms with van der Waals surface area (Å²) in [7, 11) is 2.08. The van der Waals surface area contributed by atoms with E-state index in [0.717, 1.165) is 43.1 Å². The number of nitrogens with one attached hydrogen (secondary N) is 2. The monoisotopic (exact) mass is 507 g/mol. The average molecular weight is 508 g/mol. The van der Waals surface area contributed by atoms with Crippen molar-refractivity contribution < 1.29 is 17.9 Å². The van der Waals surface area contributed by atoms with E-state index in [1.807, 2.05) is 37.3 Å². The first-order valence-electron chi connectivity index (χ1n) is 11.7. The molecular formula is C26H24F3N7O. The number of benzene rings is 1. The Balaban J connectivity index is 1.38. The van der Waals surface area contributed by atoms with Gasteiger partial charge in [-0.3, -0.25) is 0 Å². The van der Waals surface area contributed by atoms with Crippen LogP contribution in [0.5, 0.6) is 5.75 Å². The van der Waals surface area contributed by atoms with Crippen LogP contribution in [0.15, 0.2) is 48.9 Å². The number of likely N-dealkylation sites (tertiary alicyclic amines) is 1. The maximum absolute atomic E-state index is 13.3. The van der Waals surface area contributed by atoms with Gasteiger partial charge in [-0.15, -0.1) is 0 Å². The van der Waals surface area contributed by atoms with Crippen LogP contribution in [0.2, 0.25) is 0 Å². The van der Waals surface area contributed by atoms with Crippen molar-refractivity contribution in [2.24, 2.45) is 0 Å². The number of hydrogen-bond donors (Lipinski definition) is 2. The van der Waals surface area contributed by atoms with E-state index < -0.39 is 11.7 Å². The summed E-state index contributed by atoms with van der Waals surface area (Å²) in [6, 6.07) is 10.6. The van der Waals surface area contributed by atoms with Gasteiger partial charge in [-0.2, -0.15) is 18.4 Å². The Kier molecular flexibility index (Phi) is 6.43. The molecule has 0 amide bonds. The number of alkyl halides is 3. The Morgan fingerprint density at radius 1 is 1.22 bits per heavy atom. The zero-order valence-electron chi connectivity index (χ0n) is 20.2. The fraction of sp³-hybridized carbons (Fsp3) is 0.308. The number of aromatic nitrogens is 4. The minimum atomic E-state index is -4.55. The van der Waals surface area contributed by atoms with Gasteiger partial charge >= 0.3 is 6.18 Å². The number of rotatable bonds is 6. The first-order valence-corrected chi connectivity index (χ1v) is 11.7. The van der Waals surface area contributed by atoms with Crippen LogP contribution in [0.25, 0.3) is 22.3 Å². The Hall–Kier alpha value is -4.17. The summed E-state index contributed by atoms with van der Waals surface area (Å²) in [5, 5.41) is 13.0. The number of ether oxygens (including phenoxy) is 1. The number of anilines is 1. The molecule has 1 unspecified atom stereocenters. The number of halogens is 3. The first kappa shape index (κ1) is 24.5. The molecule has 0 spiro atoms. The normalized spacial score (nSPS) is 17.0. The SMILES string of the molecule is C[C@@H](Nc1ncc(C#N)c(-c2c[nH]c3ncc(C(F)(F)F)cc23)n1)c1ccc(OC2CCN(C)C2)cc1. The highest BCUT2D eigenvalue weighted by molar-refractivity contribution is 5.94. The summed E-state index contributed by atoms with van der Waals surface area (Å²) >= 11 is 0. The molecule has 4 aromatic rings. The molecule has 1 aliphatic heterocycles. The number of likely N-dealkylation sites (N-methyl/N-ethyl adjacent to an activating group) is 1. The van der Waals surface area contributed by atoms with Crippen molar-refractivity contribution in [2.75, 3.05) is 25.5 Å². The molecule has 1 saturated heterocycles. The van der Waals surface area contributed by atoms with Gasteiger partial charge in [-0.1, -0.05) is 12.1 Å². The minimum absolute atomic E-state index is 0.135. The molecule has 0 radical (unpaired) electrons. The van der Waals surface area contributed by atoms with Gasteiger partial charge in [0.25, 0.3) is 0 Å². The average Bonchev–Trinajstić information content (AvgIpc) is 3.49. The molecular weight excluding hydrogens is 483 g/mol. The molecule has 190 valence electrons. The van der Waals surface area contributed by atoms with E-state index in [2.05, 4.69) is 37.2 Å². The Labute approximate surface area is 211 Å². The van der Waals surface area contributed by atoms with E-state index in [1.54, 1.807) is 0 Å². The number of nitriles is 1. The van der Waals surface area contributed by atoms with Gasteiger partial charge in [0.05, 0.1) is 29.1 Å². The van der Waals surface area contributed by atoms with Crippen LogP contribution in [0.1, 0.15) is 36.1 Å². The van der Waals surface area contributed by atoms with Gasteiger partial charge in [-0.05, 0) is 44.2 Å². The van der Waals surface area contributed by atoms with Crippen LogP contribution in [0, 0.1) is 11.3 Å². The first-order chi connectivity index (χ1) is 17.7.